The lowest BCUT2D eigenvalue weighted by Crippen LogP contribution is -2.30. The van der Waals surface area contributed by atoms with Crippen LogP contribution < -0.4 is 0 Å². The first-order chi connectivity index (χ1) is 9.65. The molecular weight excluding hydrogens is 316 g/mol. The molecule has 1 aromatic heterocycles. The third-order valence-electron chi connectivity index (χ3n) is 3.18. The zero-order chi connectivity index (χ0) is 14.4. The first-order valence-corrected chi connectivity index (χ1v) is 7.32. The number of rotatable bonds is 5. The van der Waals surface area contributed by atoms with Crippen LogP contribution in [-0.2, 0) is 17.6 Å². The first kappa shape index (κ1) is 14.7. The van der Waals surface area contributed by atoms with Crippen LogP contribution in [0.5, 0.6) is 0 Å². The molecule has 0 saturated carbocycles. The third kappa shape index (κ3) is 4.46. The predicted octanol–water partition coefficient (Wildman–Crippen LogP) is 3.09. The van der Waals surface area contributed by atoms with Gasteiger partial charge in [0.15, 0.2) is 0 Å². The van der Waals surface area contributed by atoms with Crippen molar-refractivity contribution in [3.63, 3.8) is 0 Å². The molecule has 0 radical (unpaired) electrons. The number of carbonyl (C=O) groups excluding carboxylic acids is 1. The van der Waals surface area contributed by atoms with Gasteiger partial charge in [-0.3, -0.25) is 9.78 Å². The molecule has 0 unspecified atom stereocenters. The van der Waals surface area contributed by atoms with Crippen LogP contribution in [0.1, 0.15) is 11.1 Å². The van der Waals surface area contributed by atoms with Crippen LogP contribution in [0.15, 0.2) is 53.3 Å². The molecule has 0 saturated heterocycles. The molecule has 2 rings (SSSR count). The fourth-order valence-corrected chi connectivity index (χ4v) is 2.15. The molecule has 1 amide bonds. The number of aromatic nitrogens is 1. The third-order valence-corrected chi connectivity index (χ3v) is 3.71. The highest BCUT2D eigenvalue weighted by atomic mass is 79.9. The summed E-state index contributed by atoms with van der Waals surface area (Å²) in [6, 6.07) is 11.8. The lowest BCUT2D eigenvalue weighted by molar-refractivity contribution is -0.129. The van der Waals surface area contributed by atoms with Crippen molar-refractivity contribution in [3.8, 4) is 0 Å². The Labute approximate surface area is 127 Å². The molecule has 3 nitrogen and oxygen atoms in total. The van der Waals surface area contributed by atoms with E-state index in [0.29, 0.717) is 6.42 Å². The van der Waals surface area contributed by atoms with Gasteiger partial charge in [-0.05, 0) is 41.8 Å². The summed E-state index contributed by atoms with van der Waals surface area (Å²) in [5, 5.41) is 0. The van der Waals surface area contributed by atoms with Gasteiger partial charge < -0.3 is 4.90 Å². The summed E-state index contributed by atoms with van der Waals surface area (Å²) in [6.07, 6.45) is 4.85. The zero-order valence-corrected chi connectivity index (χ0v) is 13.0. The molecule has 0 N–H and O–H groups in total. The number of hydrogen-bond donors (Lipinski definition) is 0. The minimum atomic E-state index is 0.140. The number of amides is 1. The SMILES string of the molecule is CN(CCc1ccncc1)C(=O)Cc1ccc(Br)cc1. The van der Waals surface area contributed by atoms with Gasteiger partial charge in [-0.25, -0.2) is 0 Å². The summed E-state index contributed by atoms with van der Waals surface area (Å²) in [6.45, 7) is 0.722. The van der Waals surface area contributed by atoms with Crippen molar-refractivity contribution in [2.75, 3.05) is 13.6 Å². The van der Waals surface area contributed by atoms with Crippen molar-refractivity contribution in [2.24, 2.45) is 0 Å². The predicted molar refractivity (Wildman–Crippen MR) is 83.4 cm³/mol. The Kier molecular flexibility index (Phi) is 5.30. The monoisotopic (exact) mass is 332 g/mol. The van der Waals surface area contributed by atoms with Crippen molar-refractivity contribution in [1.29, 1.82) is 0 Å². The Morgan fingerprint density at radius 2 is 1.75 bits per heavy atom. The van der Waals surface area contributed by atoms with Gasteiger partial charge in [-0.15, -0.1) is 0 Å². The standard InChI is InChI=1S/C16H17BrN2O/c1-19(11-8-13-6-9-18-10-7-13)16(20)12-14-2-4-15(17)5-3-14/h2-7,9-10H,8,11-12H2,1H3. The second-order valence-corrected chi connectivity index (χ2v) is 5.64. The highest BCUT2D eigenvalue weighted by Crippen LogP contribution is 2.11. The van der Waals surface area contributed by atoms with E-state index in [1.54, 1.807) is 17.3 Å². The number of hydrogen-bond acceptors (Lipinski definition) is 2. The van der Waals surface area contributed by atoms with Crippen molar-refractivity contribution in [1.82, 2.24) is 9.88 Å². The Morgan fingerprint density at radius 1 is 1.10 bits per heavy atom. The van der Waals surface area contributed by atoms with Gasteiger partial charge in [0.25, 0.3) is 0 Å². The van der Waals surface area contributed by atoms with Crippen LogP contribution in [0.25, 0.3) is 0 Å². The Morgan fingerprint density at radius 3 is 2.40 bits per heavy atom. The van der Waals surface area contributed by atoms with E-state index in [2.05, 4.69) is 20.9 Å². The summed E-state index contributed by atoms with van der Waals surface area (Å²) in [5.41, 5.74) is 2.23. The molecule has 4 heteroatoms. The quantitative estimate of drug-likeness (QED) is 0.842. The van der Waals surface area contributed by atoms with Gasteiger partial charge in [0.1, 0.15) is 0 Å². The lowest BCUT2D eigenvalue weighted by atomic mass is 10.1. The number of carbonyl (C=O) groups is 1. The van der Waals surface area contributed by atoms with E-state index in [4.69, 9.17) is 0 Å². The summed E-state index contributed by atoms with van der Waals surface area (Å²) in [4.78, 5) is 17.9. The van der Waals surface area contributed by atoms with Gasteiger partial charge in [0.05, 0.1) is 6.42 Å². The van der Waals surface area contributed by atoms with Crippen molar-refractivity contribution < 1.29 is 4.79 Å². The maximum atomic E-state index is 12.1. The van der Waals surface area contributed by atoms with Crippen molar-refractivity contribution in [3.05, 3.63) is 64.4 Å². The molecule has 104 valence electrons. The molecule has 0 spiro atoms. The maximum Gasteiger partial charge on any atom is 0.226 e. The second kappa shape index (κ2) is 7.20. The zero-order valence-electron chi connectivity index (χ0n) is 11.4. The van der Waals surface area contributed by atoms with Crippen LogP contribution in [-0.4, -0.2) is 29.4 Å². The number of benzene rings is 1. The van der Waals surface area contributed by atoms with Crippen LogP contribution in [0.4, 0.5) is 0 Å². The Balaban J connectivity index is 1.84. The summed E-state index contributed by atoms with van der Waals surface area (Å²) in [7, 11) is 1.85. The average molecular weight is 333 g/mol. The molecule has 20 heavy (non-hydrogen) atoms. The number of halogens is 1. The molecule has 1 heterocycles. The van der Waals surface area contributed by atoms with Gasteiger partial charge in [-0.1, -0.05) is 28.1 Å². The average Bonchev–Trinajstić information content (AvgIpc) is 2.48. The van der Waals surface area contributed by atoms with Crippen molar-refractivity contribution in [2.45, 2.75) is 12.8 Å². The van der Waals surface area contributed by atoms with E-state index < -0.39 is 0 Å². The van der Waals surface area contributed by atoms with Gasteiger partial charge in [-0.2, -0.15) is 0 Å². The maximum absolute atomic E-state index is 12.1. The van der Waals surface area contributed by atoms with E-state index in [1.807, 2.05) is 43.4 Å². The molecule has 0 bridgehead atoms. The largest absolute Gasteiger partial charge is 0.345 e. The van der Waals surface area contributed by atoms with E-state index in [-0.39, 0.29) is 5.91 Å². The summed E-state index contributed by atoms with van der Waals surface area (Å²) < 4.78 is 1.03. The smallest absolute Gasteiger partial charge is 0.226 e. The number of likely N-dealkylation sites (N-methyl/N-ethyl adjacent to an activating group) is 1. The van der Waals surface area contributed by atoms with Gasteiger partial charge in [0, 0.05) is 30.5 Å². The van der Waals surface area contributed by atoms with Crippen LogP contribution >= 0.6 is 15.9 Å². The molecule has 0 atom stereocenters. The van der Waals surface area contributed by atoms with E-state index in [9.17, 15) is 4.79 Å². The molecule has 0 aliphatic carbocycles. The lowest BCUT2D eigenvalue weighted by Gasteiger charge is -2.17. The summed E-state index contributed by atoms with van der Waals surface area (Å²) in [5.74, 6) is 0.140. The fraction of sp³-hybridized carbons (Fsp3) is 0.250. The van der Waals surface area contributed by atoms with E-state index in [1.165, 1.54) is 5.56 Å². The molecule has 1 aromatic carbocycles. The van der Waals surface area contributed by atoms with Crippen molar-refractivity contribution >= 4 is 21.8 Å². The molecule has 0 fully saturated rings. The molecule has 2 aromatic rings. The van der Waals surface area contributed by atoms with Crippen LogP contribution in [0.3, 0.4) is 0 Å². The van der Waals surface area contributed by atoms with Gasteiger partial charge >= 0.3 is 0 Å². The molecule has 0 aliphatic heterocycles. The van der Waals surface area contributed by atoms with Crippen LogP contribution in [0.2, 0.25) is 0 Å². The van der Waals surface area contributed by atoms with Gasteiger partial charge in [0.2, 0.25) is 5.91 Å². The topological polar surface area (TPSA) is 33.2 Å². The first-order valence-electron chi connectivity index (χ1n) is 6.52. The number of nitrogens with zero attached hydrogens (tertiary/aromatic N) is 2. The number of pyridine rings is 1. The van der Waals surface area contributed by atoms with Crippen LogP contribution in [0, 0.1) is 0 Å². The molecule has 0 aliphatic rings. The minimum absolute atomic E-state index is 0.140. The highest BCUT2D eigenvalue weighted by Gasteiger charge is 2.09. The second-order valence-electron chi connectivity index (χ2n) is 4.72. The summed E-state index contributed by atoms with van der Waals surface area (Å²) >= 11 is 3.39. The highest BCUT2D eigenvalue weighted by molar-refractivity contribution is 9.10. The Hall–Kier alpha value is -1.68. The Bertz CT molecular complexity index is 554. The van der Waals surface area contributed by atoms with E-state index >= 15 is 0 Å². The molecular formula is C16H17BrN2O. The fourth-order valence-electron chi connectivity index (χ4n) is 1.88. The minimum Gasteiger partial charge on any atom is -0.345 e. The normalized spacial score (nSPS) is 10.3. The van der Waals surface area contributed by atoms with E-state index in [0.717, 1.165) is 23.0 Å².